The van der Waals surface area contributed by atoms with Crippen LogP contribution in [0.1, 0.15) is 40.0 Å². The summed E-state index contributed by atoms with van der Waals surface area (Å²) in [6, 6.07) is 0. The minimum absolute atomic E-state index is 0.000926. The zero-order chi connectivity index (χ0) is 10.3. The summed E-state index contributed by atoms with van der Waals surface area (Å²) in [5.41, 5.74) is 0. The van der Waals surface area contributed by atoms with Crippen molar-refractivity contribution < 1.29 is 14.6 Å². The van der Waals surface area contributed by atoms with Crippen molar-refractivity contribution in [2.45, 2.75) is 46.1 Å². The minimum Gasteiger partial charge on any atom is -0.466 e. The molecule has 0 fully saturated rings. The Bertz CT molecular complexity index is 145. The lowest BCUT2D eigenvalue weighted by molar-refractivity contribution is -0.145. The van der Waals surface area contributed by atoms with Gasteiger partial charge in [-0.1, -0.05) is 20.3 Å². The van der Waals surface area contributed by atoms with Crippen LogP contribution in [0, 0.1) is 5.92 Å². The first-order valence-electron chi connectivity index (χ1n) is 4.95. The van der Waals surface area contributed by atoms with Gasteiger partial charge in [0, 0.05) is 0 Å². The fourth-order valence-corrected chi connectivity index (χ4v) is 1.20. The molecule has 0 aromatic heterocycles. The molecule has 0 rings (SSSR count). The molecular formula is C10H20O3. The number of hydrogen-bond donors (Lipinski definition) is 1. The van der Waals surface area contributed by atoms with Gasteiger partial charge in [0.15, 0.2) is 0 Å². The summed E-state index contributed by atoms with van der Waals surface area (Å²) in [6.45, 7) is 6.08. The van der Waals surface area contributed by atoms with E-state index in [1.54, 1.807) is 6.92 Å². The van der Waals surface area contributed by atoms with Gasteiger partial charge in [-0.2, -0.15) is 0 Å². The molecule has 0 aliphatic rings. The zero-order valence-corrected chi connectivity index (χ0v) is 8.75. The SMILES string of the molecule is CCCC(O)C(C)CC(=O)OCC. The van der Waals surface area contributed by atoms with E-state index in [-0.39, 0.29) is 18.0 Å². The molecule has 0 amide bonds. The van der Waals surface area contributed by atoms with E-state index in [9.17, 15) is 9.90 Å². The summed E-state index contributed by atoms with van der Waals surface area (Å²) in [7, 11) is 0. The normalized spacial score (nSPS) is 15.1. The fourth-order valence-electron chi connectivity index (χ4n) is 1.20. The van der Waals surface area contributed by atoms with Crippen molar-refractivity contribution >= 4 is 5.97 Å². The first-order valence-corrected chi connectivity index (χ1v) is 4.95. The van der Waals surface area contributed by atoms with Crippen LogP contribution < -0.4 is 0 Å². The maximum atomic E-state index is 11.0. The first-order chi connectivity index (χ1) is 6.11. The standard InChI is InChI=1S/C10H20O3/c1-4-6-9(11)8(3)7-10(12)13-5-2/h8-9,11H,4-7H2,1-3H3. The molecule has 0 saturated heterocycles. The molecule has 3 heteroatoms. The Kier molecular flexibility index (Phi) is 6.59. The number of esters is 1. The van der Waals surface area contributed by atoms with Crippen LogP contribution in [0.5, 0.6) is 0 Å². The lowest BCUT2D eigenvalue weighted by atomic mass is 9.97. The summed E-state index contributed by atoms with van der Waals surface area (Å²) < 4.78 is 4.79. The van der Waals surface area contributed by atoms with Gasteiger partial charge in [-0.3, -0.25) is 4.79 Å². The number of hydrogen-bond acceptors (Lipinski definition) is 3. The van der Waals surface area contributed by atoms with Crippen molar-refractivity contribution in [1.29, 1.82) is 0 Å². The molecule has 0 radical (unpaired) electrons. The van der Waals surface area contributed by atoms with Crippen molar-refractivity contribution in [3.8, 4) is 0 Å². The molecule has 2 atom stereocenters. The maximum absolute atomic E-state index is 11.0. The van der Waals surface area contributed by atoms with Gasteiger partial charge in [0.05, 0.1) is 19.1 Å². The van der Waals surface area contributed by atoms with Gasteiger partial charge < -0.3 is 9.84 Å². The smallest absolute Gasteiger partial charge is 0.306 e. The van der Waals surface area contributed by atoms with E-state index in [4.69, 9.17) is 4.74 Å². The number of rotatable bonds is 6. The van der Waals surface area contributed by atoms with E-state index in [1.807, 2.05) is 13.8 Å². The van der Waals surface area contributed by atoms with Crippen molar-refractivity contribution in [2.75, 3.05) is 6.61 Å². The fraction of sp³-hybridized carbons (Fsp3) is 0.900. The molecule has 0 aromatic carbocycles. The second-order valence-corrected chi connectivity index (χ2v) is 3.34. The highest BCUT2D eigenvalue weighted by Gasteiger charge is 2.17. The summed E-state index contributed by atoms with van der Waals surface area (Å²) in [5.74, 6) is -0.218. The molecule has 0 aliphatic carbocycles. The molecule has 0 aliphatic heterocycles. The topological polar surface area (TPSA) is 46.5 Å². The summed E-state index contributed by atoms with van der Waals surface area (Å²) in [4.78, 5) is 11.0. The van der Waals surface area contributed by atoms with Crippen molar-refractivity contribution in [3.05, 3.63) is 0 Å². The van der Waals surface area contributed by atoms with Gasteiger partial charge in [0.1, 0.15) is 0 Å². The molecule has 3 nitrogen and oxygen atoms in total. The third-order valence-electron chi connectivity index (χ3n) is 2.04. The third kappa shape index (κ3) is 5.64. The van der Waals surface area contributed by atoms with E-state index in [0.29, 0.717) is 13.0 Å². The van der Waals surface area contributed by atoms with Gasteiger partial charge in [0.2, 0.25) is 0 Å². The van der Waals surface area contributed by atoms with Crippen LogP contribution in [-0.2, 0) is 9.53 Å². The molecule has 0 aromatic rings. The largest absolute Gasteiger partial charge is 0.466 e. The zero-order valence-electron chi connectivity index (χ0n) is 8.75. The summed E-state index contributed by atoms with van der Waals surface area (Å²) >= 11 is 0. The van der Waals surface area contributed by atoms with Gasteiger partial charge in [-0.05, 0) is 19.3 Å². The van der Waals surface area contributed by atoms with Crippen LogP contribution in [0.4, 0.5) is 0 Å². The first kappa shape index (κ1) is 12.4. The van der Waals surface area contributed by atoms with E-state index in [2.05, 4.69) is 0 Å². The number of aliphatic hydroxyl groups excluding tert-OH is 1. The highest BCUT2D eigenvalue weighted by Crippen LogP contribution is 2.13. The molecule has 0 heterocycles. The Morgan fingerprint density at radius 2 is 2.08 bits per heavy atom. The number of carbonyl (C=O) groups is 1. The van der Waals surface area contributed by atoms with E-state index < -0.39 is 0 Å². The summed E-state index contributed by atoms with van der Waals surface area (Å²) in [5, 5.41) is 9.53. The highest BCUT2D eigenvalue weighted by atomic mass is 16.5. The molecule has 0 spiro atoms. The van der Waals surface area contributed by atoms with Gasteiger partial charge in [-0.25, -0.2) is 0 Å². The average molecular weight is 188 g/mol. The Hall–Kier alpha value is -0.570. The van der Waals surface area contributed by atoms with Crippen LogP contribution >= 0.6 is 0 Å². The summed E-state index contributed by atoms with van der Waals surface area (Å²) in [6.07, 6.45) is 1.62. The van der Waals surface area contributed by atoms with Gasteiger partial charge >= 0.3 is 5.97 Å². The molecule has 0 bridgehead atoms. The van der Waals surface area contributed by atoms with Crippen LogP contribution in [0.2, 0.25) is 0 Å². The Balaban J connectivity index is 3.71. The van der Waals surface area contributed by atoms with Crippen molar-refractivity contribution in [1.82, 2.24) is 0 Å². The van der Waals surface area contributed by atoms with Crippen molar-refractivity contribution in [2.24, 2.45) is 5.92 Å². The van der Waals surface area contributed by atoms with E-state index in [0.717, 1.165) is 12.8 Å². The highest BCUT2D eigenvalue weighted by molar-refractivity contribution is 5.69. The Morgan fingerprint density at radius 1 is 1.46 bits per heavy atom. The molecule has 2 unspecified atom stereocenters. The molecular weight excluding hydrogens is 168 g/mol. The Morgan fingerprint density at radius 3 is 2.54 bits per heavy atom. The second-order valence-electron chi connectivity index (χ2n) is 3.34. The number of carbonyl (C=O) groups excluding carboxylic acids is 1. The van der Waals surface area contributed by atoms with Crippen LogP contribution in [0.3, 0.4) is 0 Å². The van der Waals surface area contributed by atoms with E-state index >= 15 is 0 Å². The van der Waals surface area contributed by atoms with Crippen LogP contribution in [-0.4, -0.2) is 23.8 Å². The van der Waals surface area contributed by atoms with E-state index in [1.165, 1.54) is 0 Å². The monoisotopic (exact) mass is 188 g/mol. The quantitative estimate of drug-likeness (QED) is 0.646. The minimum atomic E-state index is -0.380. The molecule has 1 N–H and O–H groups in total. The van der Waals surface area contributed by atoms with Crippen LogP contribution in [0.25, 0.3) is 0 Å². The number of ether oxygens (including phenoxy) is 1. The third-order valence-corrected chi connectivity index (χ3v) is 2.04. The maximum Gasteiger partial charge on any atom is 0.306 e. The lowest BCUT2D eigenvalue weighted by Crippen LogP contribution is -2.21. The average Bonchev–Trinajstić information content (AvgIpc) is 2.05. The predicted molar refractivity (Wildman–Crippen MR) is 51.3 cm³/mol. The predicted octanol–water partition coefficient (Wildman–Crippen LogP) is 1.74. The Labute approximate surface area is 80.1 Å². The van der Waals surface area contributed by atoms with Gasteiger partial charge in [-0.15, -0.1) is 0 Å². The van der Waals surface area contributed by atoms with Crippen LogP contribution in [0.15, 0.2) is 0 Å². The lowest BCUT2D eigenvalue weighted by Gasteiger charge is -2.16. The number of aliphatic hydroxyl groups is 1. The second kappa shape index (κ2) is 6.89. The molecule has 0 saturated carbocycles. The van der Waals surface area contributed by atoms with Gasteiger partial charge in [0.25, 0.3) is 0 Å². The molecule has 13 heavy (non-hydrogen) atoms. The molecule has 78 valence electrons. The van der Waals surface area contributed by atoms with Crippen molar-refractivity contribution in [3.63, 3.8) is 0 Å².